The number of furan rings is 1. The highest BCUT2D eigenvalue weighted by atomic mass is 16.3. The molecule has 4 rings (SSSR count). The van der Waals surface area contributed by atoms with Crippen LogP contribution < -0.4 is 5.32 Å². The van der Waals surface area contributed by atoms with Crippen molar-refractivity contribution in [1.82, 2.24) is 20.4 Å². The lowest BCUT2D eigenvalue weighted by Crippen LogP contribution is -2.25. The molecule has 1 aliphatic heterocycles. The van der Waals surface area contributed by atoms with E-state index in [-0.39, 0.29) is 5.91 Å². The van der Waals surface area contributed by atoms with E-state index in [2.05, 4.69) is 38.6 Å². The molecule has 0 bridgehead atoms. The van der Waals surface area contributed by atoms with Crippen LogP contribution in [0.15, 0.2) is 46.9 Å². The first-order chi connectivity index (χ1) is 13.2. The molecule has 3 aromatic rings. The number of nitrogens with zero attached hydrogens (tertiary/aromatic N) is 2. The average molecular weight is 364 g/mol. The zero-order chi connectivity index (χ0) is 18.6. The second-order valence-corrected chi connectivity index (χ2v) is 7.01. The van der Waals surface area contributed by atoms with Crippen LogP contribution in [0.25, 0.3) is 11.5 Å². The van der Waals surface area contributed by atoms with Crippen LogP contribution in [0.5, 0.6) is 0 Å². The number of aromatic nitrogens is 2. The van der Waals surface area contributed by atoms with E-state index < -0.39 is 0 Å². The van der Waals surface area contributed by atoms with E-state index in [9.17, 15) is 4.79 Å². The zero-order valence-electron chi connectivity index (χ0n) is 15.5. The quantitative estimate of drug-likeness (QED) is 0.702. The Morgan fingerprint density at radius 1 is 1.19 bits per heavy atom. The molecular weight excluding hydrogens is 340 g/mol. The Hall–Kier alpha value is -2.86. The number of amides is 1. The van der Waals surface area contributed by atoms with Gasteiger partial charge in [0.2, 0.25) is 0 Å². The van der Waals surface area contributed by atoms with E-state index in [0.29, 0.717) is 23.7 Å². The lowest BCUT2D eigenvalue weighted by atomic mass is 10.1. The van der Waals surface area contributed by atoms with Gasteiger partial charge in [-0.3, -0.25) is 14.8 Å². The summed E-state index contributed by atoms with van der Waals surface area (Å²) in [4.78, 5) is 15.0. The monoisotopic (exact) mass is 364 g/mol. The number of carbonyl (C=O) groups excluding carboxylic acids is 1. The summed E-state index contributed by atoms with van der Waals surface area (Å²) in [6, 6.07) is 13.7. The fourth-order valence-electron chi connectivity index (χ4n) is 3.48. The fraction of sp³-hybridized carbons (Fsp3) is 0.333. The van der Waals surface area contributed by atoms with Gasteiger partial charge in [-0.2, -0.15) is 5.10 Å². The van der Waals surface area contributed by atoms with Gasteiger partial charge in [-0.15, -0.1) is 0 Å². The maximum atomic E-state index is 12.5. The summed E-state index contributed by atoms with van der Waals surface area (Å²) in [6.07, 6.45) is 2.55. The normalized spacial score (nSPS) is 14.6. The largest absolute Gasteiger partial charge is 0.460 e. The third-order valence-electron chi connectivity index (χ3n) is 4.97. The third-order valence-corrected chi connectivity index (χ3v) is 4.97. The maximum Gasteiger partial charge on any atom is 0.272 e. The van der Waals surface area contributed by atoms with Crippen molar-refractivity contribution in [2.45, 2.75) is 32.9 Å². The number of H-pyrrole nitrogens is 1. The van der Waals surface area contributed by atoms with E-state index in [1.165, 1.54) is 18.4 Å². The molecule has 0 aliphatic carbocycles. The average Bonchev–Trinajstić information content (AvgIpc) is 3.42. The standard InChI is InChI=1S/C21H24N4O2/c1-15-8-9-20(27-15)18-12-19(24-23-18)21(26)22-13-16-6-2-3-7-17(16)14-25-10-4-5-11-25/h2-3,6-9,12H,4-5,10-11,13-14H2,1H3,(H,22,26)(H,23,24). The number of likely N-dealkylation sites (tertiary alicyclic amines) is 1. The van der Waals surface area contributed by atoms with Gasteiger partial charge in [-0.05, 0) is 56.1 Å². The topological polar surface area (TPSA) is 74.2 Å². The van der Waals surface area contributed by atoms with Crippen molar-refractivity contribution in [2.24, 2.45) is 0 Å². The van der Waals surface area contributed by atoms with Gasteiger partial charge in [0.05, 0.1) is 0 Å². The number of benzene rings is 1. The van der Waals surface area contributed by atoms with Gasteiger partial charge in [0.15, 0.2) is 11.5 Å². The number of aryl methyl sites for hydroxylation is 1. The third kappa shape index (κ3) is 4.11. The van der Waals surface area contributed by atoms with E-state index in [1.807, 2.05) is 25.1 Å². The van der Waals surface area contributed by atoms with Crippen LogP contribution >= 0.6 is 0 Å². The molecule has 0 saturated carbocycles. The smallest absolute Gasteiger partial charge is 0.272 e. The minimum Gasteiger partial charge on any atom is -0.460 e. The molecule has 1 fully saturated rings. The molecule has 2 aromatic heterocycles. The summed E-state index contributed by atoms with van der Waals surface area (Å²) < 4.78 is 5.56. The molecule has 140 valence electrons. The van der Waals surface area contributed by atoms with Crippen LogP contribution in [0.1, 0.15) is 40.2 Å². The Balaban J connectivity index is 1.40. The predicted octanol–water partition coefficient (Wildman–Crippen LogP) is 3.50. The van der Waals surface area contributed by atoms with E-state index >= 15 is 0 Å². The molecule has 6 nitrogen and oxygen atoms in total. The maximum absolute atomic E-state index is 12.5. The molecule has 0 atom stereocenters. The predicted molar refractivity (Wildman–Crippen MR) is 103 cm³/mol. The first kappa shape index (κ1) is 17.5. The van der Waals surface area contributed by atoms with Crippen LogP contribution in [0.3, 0.4) is 0 Å². The van der Waals surface area contributed by atoms with Gasteiger partial charge >= 0.3 is 0 Å². The lowest BCUT2D eigenvalue weighted by molar-refractivity contribution is 0.0945. The molecule has 6 heteroatoms. The van der Waals surface area contributed by atoms with Crippen molar-refractivity contribution in [3.05, 3.63) is 65.0 Å². The number of hydrogen-bond acceptors (Lipinski definition) is 4. The minimum absolute atomic E-state index is 0.197. The van der Waals surface area contributed by atoms with Crippen LogP contribution in [-0.2, 0) is 13.1 Å². The summed E-state index contributed by atoms with van der Waals surface area (Å²) in [5.41, 5.74) is 3.47. The molecule has 1 aliphatic rings. The van der Waals surface area contributed by atoms with Gasteiger partial charge in [0.25, 0.3) is 5.91 Å². The number of hydrogen-bond donors (Lipinski definition) is 2. The van der Waals surface area contributed by atoms with Crippen LogP contribution in [-0.4, -0.2) is 34.1 Å². The summed E-state index contributed by atoms with van der Waals surface area (Å²) in [5, 5.41) is 9.96. The number of aromatic amines is 1. The molecule has 0 spiro atoms. The van der Waals surface area contributed by atoms with Gasteiger partial charge < -0.3 is 9.73 Å². The van der Waals surface area contributed by atoms with Gasteiger partial charge in [-0.1, -0.05) is 24.3 Å². The van der Waals surface area contributed by atoms with Crippen LogP contribution in [0, 0.1) is 6.92 Å². The van der Waals surface area contributed by atoms with Gasteiger partial charge in [0, 0.05) is 19.2 Å². The second kappa shape index (κ2) is 7.80. The molecular formula is C21H24N4O2. The Bertz CT molecular complexity index is 922. The molecule has 0 radical (unpaired) electrons. The number of nitrogens with one attached hydrogen (secondary N) is 2. The Kier molecular flexibility index (Phi) is 5.07. The summed E-state index contributed by atoms with van der Waals surface area (Å²) in [7, 11) is 0. The Morgan fingerprint density at radius 3 is 2.70 bits per heavy atom. The minimum atomic E-state index is -0.197. The number of carbonyl (C=O) groups is 1. The van der Waals surface area contributed by atoms with Crippen molar-refractivity contribution in [3.8, 4) is 11.5 Å². The summed E-state index contributed by atoms with van der Waals surface area (Å²) in [5.74, 6) is 1.30. The fourth-order valence-corrected chi connectivity index (χ4v) is 3.48. The van der Waals surface area contributed by atoms with Crippen LogP contribution in [0.4, 0.5) is 0 Å². The Morgan fingerprint density at radius 2 is 1.96 bits per heavy atom. The highest BCUT2D eigenvalue weighted by Gasteiger charge is 2.16. The lowest BCUT2D eigenvalue weighted by Gasteiger charge is -2.17. The summed E-state index contributed by atoms with van der Waals surface area (Å²) >= 11 is 0. The summed E-state index contributed by atoms with van der Waals surface area (Å²) in [6.45, 7) is 5.63. The Labute approximate surface area is 158 Å². The molecule has 2 N–H and O–H groups in total. The van der Waals surface area contributed by atoms with Gasteiger partial charge in [-0.25, -0.2) is 0 Å². The van der Waals surface area contributed by atoms with E-state index in [0.717, 1.165) is 31.0 Å². The molecule has 27 heavy (non-hydrogen) atoms. The SMILES string of the molecule is Cc1ccc(-c2cc(C(=O)NCc3ccccc3CN3CCCC3)n[nH]2)o1. The zero-order valence-corrected chi connectivity index (χ0v) is 15.5. The van der Waals surface area contributed by atoms with Crippen molar-refractivity contribution in [1.29, 1.82) is 0 Å². The van der Waals surface area contributed by atoms with Gasteiger partial charge in [0.1, 0.15) is 11.5 Å². The van der Waals surface area contributed by atoms with Crippen molar-refractivity contribution < 1.29 is 9.21 Å². The number of rotatable bonds is 6. The highest BCUT2D eigenvalue weighted by molar-refractivity contribution is 5.93. The first-order valence-corrected chi connectivity index (χ1v) is 9.38. The van der Waals surface area contributed by atoms with Crippen LogP contribution in [0.2, 0.25) is 0 Å². The molecule has 1 amide bonds. The second-order valence-electron chi connectivity index (χ2n) is 7.01. The molecule has 1 saturated heterocycles. The molecule has 3 heterocycles. The van der Waals surface area contributed by atoms with E-state index in [1.54, 1.807) is 6.07 Å². The highest BCUT2D eigenvalue weighted by Crippen LogP contribution is 2.20. The van der Waals surface area contributed by atoms with Crippen molar-refractivity contribution in [2.75, 3.05) is 13.1 Å². The van der Waals surface area contributed by atoms with Crippen molar-refractivity contribution >= 4 is 5.91 Å². The molecule has 0 unspecified atom stereocenters. The first-order valence-electron chi connectivity index (χ1n) is 9.38. The van der Waals surface area contributed by atoms with E-state index in [4.69, 9.17) is 4.42 Å². The molecule has 1 aromatic carbocycles. The van der Waals surface area contributed by atoms with Crippen molar-refractivity contribution in [3.63, 3.8) is 0 Å².